The summed E-state index contributed by atoms with van der Waals surface area (Å²) in [6.45, 7) is 8.74. The largest absolute Gasteiger partial charge is 0.493 e. The Balaban J connectivity index is 1.79. The molecule has 0 amide bonds. The number of rotatable bonds is 11. The highest BCUT2D eigenvalue weighted by Gasteiger charge is 2.12. The highest BCUT2D eigenvalue weighted by atomic mass is 16.5. The molecule has 0 aliphatic carbocycles. The molecule has 0 unspecified atom stereocenters. The van der Waals surface area contributed by atoms with E-state index in [1.807, 2.05) is 54.6 Å². The highest BCUT2D eigenvalue weighted by molar-refractivity contribution is 5.80. The molecule has 0 aliphatic heterocycles. The number of hydrogen-bond donors (Lipinski definition) is 0. The number of benzene rings is 2. The fraction of sp³-hybridized carbons (Fsp3) is 0.192. The Hall–Kier alpha value is -3.93. The monoisotopic (exact) mass is 433 g/mol. The van der Waals surface area contributed by atoms with Crippen LogP contribution in [0.5, 0.6) is 29.0 Å². The van der Waals surface area contributed by atoms with E-state index in [0.29, 0.717) is 36.5 Å². The lowest BCUT2D eigenvalue weighted by atomic mass is 10.00. The number of ether oxygens (including phenoxy) is 5. The molecule has 6 nitrogen and oxygen atoms in total. The first kappa shape index (κ1) is 22.7. The van der Waals surface area contributed by atoms with Gasteiger partial charge in [0.1, 0.15) is 19.0 Å². The summed E-state index contributed by atoms with van der Waals surface area (Å²) >= 11 is 0. The van der Waals surface area contributed by atoms with Gasteiger partial charge < -0.3 is 23.7 Å². The Bertz CT molecular complexity index is 1050. The van der Waals surface area contributed by atoms with Crippen molar-refractivity contribution in [2.75, 3.05) is 27.9 Å². The van der Waals surface area contributed by atoms with E-state index in [9.17, 15) is 0 Å². The minimum Gasteiger partial charge on any atom is -0.493 e. The van der Waals surface area contributed by atoms with Crippen molar-refractivity contribution in [1.82, 2.24) is 4.98 Å². The van der Waals surface area contributed by atoms with Gasteiger partial charge in [-0.25, -0.2) is 0 Å². The molecule has 0 spiro atoms. The highest BCUT2D eigenvalue weighted by Crippen LogP contribution is 2.34. The predicted molar refractivity (Wildman–Crippen MR) is 125 cm³/mol. The maximum absolute atomic E-state index is 6.07. The number of aromatic nitrogens is 1. The van der Waals surface area contributed by atoms with Gasteiger partial charge in [-0.2, -0.15) is 4.98 Å². The van der Waals surface area contributed by atoms with Gasteiger partial charge in [-0.15, -0.1) is 0 Å². The summed E-state index contributed by atoms with van der Waals surface area (Å²) < 4.78 is 27.6. The van der Waals surface area contributed by atoms with E-state index in [0.717, 1.165) is 28.0 Å². The van der Waals surface area contributed by atoms with Crippen LogP contribution in [-0.4, -0.2) is 32.9 Å². The lowest BCUT2D eigenvalue weighted by Gasteiger charge is -2.15. The topological polar surface area (TPSA) is 59.0 Å². The third-order valence-electron chi connectivity index (χ3n) is 4.74. The normalized spacial score (nSPS) is 10.2. The van der Waals surface area contributed by atoms with Crippen LogP contribution in [0.1, 0.15) is 16.7 Å². The summed E-state index contributed by atoms with van der Waals surface area (Å²) in [6.07, 6.45) is 1.71. The van der Waals surface area contributed by atoms with Gasteiger partial charge >= 0.3 is 0 Å². The summed E-state index contributed by atoms with van der Waals surface area (Å²) in [6, 6.07) is 17.0. The van der Waals surface area contributed by atoms with Gasteiger partial charge in [0.15, 0.2) is 11.5 Å². The average molecular weight is 434 g/mol. The van der Waals surface area contributed by atoms with Crippen molar-refractivity contribution >= 4 is 5.57 Å². The smallest absolute Gasteiger partial charge is 0.216 e. The third-order valence-corrected chi connectivity index (χ3v) is 4.74. The van der Waals surface area contributed by atoms with E-state index in [1.54, 1.807) is 27.4 Å². The van der Waals surface area contributed by atoms with Gasteiger partial charge in [-0.3, -0.25) is 0 Å². The molecule has 3 aromatic rings. The molecule has 6 heteroatoms. The van der Waals surface area contributed by atoms with E-state index >= 15 is 0 Å². The maximum atomic E-state index is 6.07. The molecule has 0 bridgehead atoms. The lowest BCUT2D eigenvalue weighted by Crippen LogP contribution is -2.00. The molecule has 0 N–H and O–H groups in total. The number of pyridine rings is 1. The molecule has 32 heavy (non-hydrogen) atoms. The zero-order valence-electron chi connectivity index (χ0n) is 18.6. The van der Waals surface area contributed by atoms with Crippen LogP contribution < -0.4 is 23.7 Å². The van der Waals surface area contributed by atoms with Crippen molar-refractivity contribution in [3.8, 4) is 29.0 Å². The number of hydrogen-bond acceptors (Lipinski definition) is 6. The fourth-order valence-electron chi connectivity index (χ4n) is 3.01. The zero-order chi connectivity index (χ0) is 22.9. The Morgan fingerprint density at radius 2 is 1.50 bits per heavy atom. The Morgan fingerprint density at radius 1 is 0.812 bits per heavy atom. The van der Waals surface area contributed by atoms with Crippen molar-refractivity contribution in [2.45, 2.75) is 6.61 Å². The lowest BCUT2D eigenvalue weighted by molar-refractivity contribution is 0.284. The molecular weight excluding hydrogens is 406 g/mol. The second kappa shape index (κ2) is 10.9. The third kappa shape index (κ3) is 5.60. The minimum atomic E-state index is 0.380. The Morgan fingerprint density at radius 3 is 2.09 bits per heavy atom. The molecule has 0 radical (unpaired) electrons. The van der Waals surface area contributed by atoms with Gasteiger partial charge in [-0.05, 0) is 46.5 Å². The fourth-order valence-corrected chi connectivity index (χ4v) is 3.01. The van der Waals surface area contributed by atoms with Gasteiger partial charge in [0.05, 0.1) is 21.3 Å². The van der Waals surface area contributed by atoms with Crippen LogP contribution in [0.15, 0.2) is 73.8 Å². The summed E-state index contributed by atoms with van der Waals surface area (Å²) in [5.74, 6) is 2.94. The van der Waals surface area contributed by atoms with E-state index in [2.05, 4.69) is 18.1 Å². The van der Waals surface area contributed by atoms with Crippen LogP contribution in [0.4, 0.5) is 0 Å². The van der Waals surface area contributed by atoms with Crippen LogP contribution in [-0.2, 0) is 6.61 Å². The summed E-state index contributed by atoms with van der Waals surface area (Å²) in [5, 5.41) is 0. The SMILES string of the molecule is C=CCOc1ccc(COc2cc(C(=C)c3cc(OC)nc(OC)c3)ccc2OC)cc1. The van der Waals surface area contributed by atoms with Crippen LogP contribution in [0.25, 0.3) is 5.57 Å². The van der Waals surface area contributed by atoms with Crippen molar-refractivity contribution in [1.29, 1.82) is 0 Å². The average Bonchev–Trinajstić information content (AvgIpc) is 2.85. The number of nitrogens with zero attached hydrogens (tertiary/aromatic N) is 1. The molecule has 166 valence electrons. The van der Waals surface area contributed by atoms with Gasteiger partial charge in [0, 0.05) is 12.1 Å². The van der Waals surface area contributed by atoms with Crippen LogP contribution in [0.3, 0.4) is 0 Å². The molecule has 3 rings (SSSR count). The summed E-state index contributed by atoms with van der Waals surface area (Å²) in [4.78, 5) is 4.23. The van der Waals surface area contributed by atoms with Crippen molar-refractivity contribution in [2.24, 2.45) is 0 Å². The maximum Gasteiger partial charge on any atom is 0.216 e. The van der Waals surface area contributed by atoms with Crippen molar-refractivity contribution < 1.29 is 23.7 Å². The second-order valence-corrected chi connectivity index (χ2v) is 6.82. The van der Waals surface area contributed by atoms with E-state index in [-0.39, 0.29) is 0 Å². The molecule has 0 aliphatic rings. The summed E-state index contributed by atoms with van der Waals surface area (Å²) in [7, 11) is 4.73. The molecule has 0 fully saturated rings. The molecule has 1 aromatic heterocycles. The standard InChI is InChI=1S/C26H27NO5/c1-6-13-31-22-10-7-19(8-11-22)17-32-24-14-20(9-12-23(24)28-3)18(2)21-15-25(29-4)27-26(16-21)30-5/h6-12,14-16H,1-2,13,17H2,3-5H3. The van der Waals surface area contributed by atoms with E-state index in [1.165, 1.54) is 0 Å². The molecule has 1 heterocycles. The predicted octanol–water partition coefficient (Wildman–Crippen LogP) is 5.31. The Labute approximate surface area is 188 Å². The van der Waals surface area contributed by atoms with Crippen molar-refractivity contribution in [3.05, 3.63) is 90.5 Å². The number of methoxy groups -OCH3 is 3. The zero-order valence-corrected chi connectivity index (χ0v) is 18.6. The first-order valence-corrected chi connectivity index (χ1v) is 10.0. The summed E-state index contributed by atoms with van der Waals surface area (Å²) in [5.41, 5.74) is 3.50. The van der Waals surface area contributed by atoms with E-state index in [4.69, 9.17) is 23.7 Å². The van der Waals surface area contributed by atoms with Gasteiger partial charge in [0.2, 0.25) is 11.8 Å². The van der Waals surface area contributed by atoms with Crippen LogP contribution in [0.2, 0.25) is 0 Å². The van der Waals surface area contributed by atoms with Gasteiger partial charge in [-0.1, -0.05) is 37.4 Å². The molecular formula is C26H27NO5. The van der Waals surface area contributed by atoms with E-state index < -0.39 is 0 Å². The Kier molecular flexibility index (Phi) is 7.75. The second-order valence-electron chi connectivity index (χ2n) is 6.82. The van der Waals surface area contributed by atoms with Crippen molar-refractivity contribution in [3.63, 3.8) is 0 Å². The van der Waals surface area contributed by atoms with Crippen LogP contribution in [0, 0.1) is 0 Å². The van der Waals surface area contributed by atoms with Crippen LogP contribution >= 0.6 is 0 Å². The molecule has 0 atom stereocenters. The first-order chi connectivity index (χ1) is 15.6. The quantitative estimate of drug-likeness (QED) is 0.382. The molecule has 0 saturated heterocycles. The minimum absolute atomic E-state index is 0.380. The molecule has 2 aromatic carbocycles. The first-order valence-electron chi connectivity index (χ1n) is 10.0. The molecule has 0 saturated carbocycles. The van der Waals surface area contributed by atoms with Gasteiger partial charge in [0.25, 0.3) is 0 Å².